The van der Waals surface area contributed by atoms with Crippen LogP contribution in [0.5, 0.6) is 0 Å². The largest absolute Gasteiger partial charge is 0.456 e. The van der Waals surface area contributed by atoms with Crippen molar-refractivity contribution in [2.45, 2.75) is 45.3 Å². The number of anilines is 1. The fourth-order valence-corrected chi connectivity index (χ4v) is 2.34. The van der Waals surface area contributed by atoms with Gasteiger partial charge < -0.3 is 19.9 Å². The lowest BCUT2D eigenvalue weighted by atomic mass is 10.1. The summed E-state index contributed by atoms with van der Waals surface area (Å²) in [5, 5.41) is 0. The molecule has 2 heterocycles. The van der Waals surface area contributed by atoms with Crippen molar-refractivity contribution in [3.8, 4) is 0 Å². The predicted octanol–water partition coefficient (Wildman–Crippen LogP) is -0.255. The second kappa shape index (κ2) is 6.32. The molecule has 1 saturated heterocycles. The van der Waals surface area contributed by atoms with E-state index in [-0.39, 0.29) is 0 Å². The van der Waals surface area contributed by atoms with E-state index in [1.54, 1.807) is 6.92 Å². The van der Waals surface area contributed by atoms with Gasteiger partial charge in [-0.3, -0.25) is 14.2 Å². The van der Waals surface area contributed by atoms with Crippen molar-refractivity contribution in [2.75, 3.05) is 5.73 Å². The number of esters is 2. The minimum atomic E-state index is -1.20. The number of carbonyl (C=O) groups is 2. The second-order valence-corrected chi connectivity index (χ2v) is 5.04. The van der Waals surface area contributed by atoms with Gasteiger partial charge in [0.05, 0.1) is 12.3 Å². The molecular formula is C13H16FN3O6. The predicted molar refractivity (Wildman–Crippen MR) is 73.6 cm³/mol. The molecule has 126 valence electrons. The van der Waals surface area contributed by atoms with Gasteiger partial charge in [-0.2, -0.15) is 4.98 Å². The Morgan fingerprint density at radius 1 is 1.30 bits per heavy atom. The first-order valence-electron chi connectivity index (χ1n) is 6.74. The van der Waals surface area contributed by atoms with Crippen molar-refractivity contribution in [2.24, 2.45) is 0 Å². The molecule has 4 atom stereocenters. The normalized spacial score (nSPS) is 26.8. The standard InChI is InChI=1S/C13H16FN3O6/c1-5-9(22-6(2)18)10(23-7(3)19)12(21-5)17-4-8(14)11(15)16-13(17)20/h4-5,9-10,12H,1-3H3,(H2,15,16,20). The first-order chi connectivity index (χ1) is 10.7. The van der Waals surface area contributed by atoms with Crippen molar-refractivity contribution in [3.63, 3.8) is 0 Å². The van der Waals surface area contributed by atoms with E-state index in [1.165, 1.54) is 6.92 Å². The van der Waals surface area contributed by atoms with Gasteiger partial charge in [0, 0.05) is 13.8 Å². The summed E-state index contributed by atoms with van der Waals surface area (Å²) in [7, 11) is 0. The lowest BCUT2D eigenvalue weighted by Gasteiger charge is -2.23. The molecule has 2 N–H and O–H groups in total. The number of aromatic nitrogens is 2. The molecule has 0 radical (unpaired) electrons. The lowest BCUT2D eigenvalue weighted by molar-refractivity contribution is -0.165. The Balaban J connectivity index is 2.43. The summed E-state index contributed by atoms with van der Waals surface area (Å²) in [6.07, 6.45) is -3.17. The van der Waals surface area contributed by atoms with E-state index in [0.717, 1.165) is 17.7 Å². The minimum Gasteiger partial charge on any atom is -0.456 e. The van der Waals surface area contributed by atoms with Crippen molar-refractivity contribution >= 4 is 17.8 Å². The number of ether oxygens (including phenoxy) is 3. The molecule has 4 unspecified atom stereocenters. The fraction of sp³-hybridized carbons (Fsp3) is 0.538. The van der Waals surface area contributed by atoms with Crippen LogP contribution in [0.3, 0.4) is 0 Å². The van der Waals surface area contributed by atoms with Crippen LogP contribution < -0.4 is 11.4 Å². The fourth-order valence-electron chi connectivity index (χ4n) is 2.34. The molecule has 1 aromatic rings. The van der Waals surface area contributed by atoms with Crippen LogP contribution in [-0.4, -0.2) is 39.8 Å². The van der Waals surface area contributed by atoms with Gasteiger partial charge >= 0.3 is 17.6 Å². The van der Waals surface area contributed by atoms with E-state index < -0.39 is 53.8 Å². The highest BCUT2D eigenvalue weighted by atomic mass is 19.1. The molecule has 0 aromatic carbocycles. The van der Waals surface area contributed by atoms with E-state index in [0.29, 0.717) is 0 Å². The van der Waals surface area contributed by atoms with Crippen LogP contribution in [-0.2, 0) is 23.8 Å². The molecule has 0 amide bonds. The summed E-state index contributed by atoms with van der Waals surface area (Å²) >= 11 is 0. The molecule has 10 heteroatoms. The molecule has 0 aliphatic carbocycles. The maximum atomic E-state index is 13.6. The molecule has 9 nitrogen and oxygen atoms in total. The monoisotopic (exact) mass is 329 g/mol. The minimum absolute atomic E-state index is 0.558. The molecule has 1 aliphatic rings. The Morgan fingerprint density at radius 2 is 1.87 bits per heavy atom. The van der Waals surface area contributed by atoms with Crippen LogP contribution >= 0.6 is 0 Å². The van der Waals surface area contributed by atoms with Gasteiger partial charge in [-0.1, -0.05) is 0 Å². The highest BCUT2D eigenvalue weighted by molar-refractivity contribution is 5.67. The van der Waals surface area contributed by atoms with Crippen LogP contribution in [0.25, 0.3) is 0 Å². The number of carbonyl (C=O) groups excluding carboxylic acids is 2. The highest BCUT2D eigenvalue weighted by Crippen LogP contribution is 2.33. The number of halogens is 1. The topological polar surface area (TPSA) is 123 Å². The number of hydrogen-bond donors (Lipinski definition) is 1. The molecular weight excluding hydrogens is 313 g/mol. The SMILES string of the molecule is CC(=O)OC1C(C)OC(n2cc(F)c(N)nc2=O)C1OC(C)=O. The number of rotatable bonds is 3. The van der Waals surface area contributed by atoms with Crippen LogP contribution in [0.4, 0.5) is 10.2 Å². The summed E-state index contributed by atoms with van der Waals surface area (Å²) in [4.78, 5) is 37.8. The van der Waals surface area contributed by atoms with Crippen LogP contribution in [0.1, 0.15) is 27.0 Å². The van der Waals surface area contributed by atoms with E-state index in [2.05, 4.69) is 4.98 Å². The Hall–Kier alpha value is -2.49. The zero-order valence-corrected chi connectivity index (χ0v) is 12.7. The number of nitrogens with zero attached hydrogens (tertiary/aromatic N) is 2. The van der Waals surface area contributed by atoms with Crippen molar-refractivity contribution in [1.82, 2.24) is 9.55 Å². The van der Waals surface area contributed by atoms with Crippen LogP contribution in [0.15, 0.2) is 11.0 Å². The average Bonchev–Trinajstić information content (AvgIpc) is 2.70. The molecule has 1 fully saturated rings. The van der Waals surface area contributed by atoms with E-state index in [4.69, 9.17) is 19.9 Å². The van der Waals surface area contributed by atoms with Gasteiger partial charge in [-0.25, -0.2) is 9.18 Å². The van der Waals surface area contributed by atoms with E-state index in [1.807, 2.05) is 0 Å². The average molecular weight is 329 g/mol. The summed E-state index contributed by atoms with van der Waals surface area (Å²) < 4.78 is 30.1. The van der Waals surface area contributed by atoms with Crippen LogP contribution in [0.2, 0.25) is 0 Å². The second-order valence-electron chi connectivity index (χ2n) is 5.04. The van der Waals surface area contributed by atoms with Gasteiger partial charge in [0.25, 0.3) is 0 Å². The van der Waals surface area contributed by atoms with E-state index in [9.17, 15) is 18.8 Å². The molecule has 0 spiro atoms. The zero-order chi connectivity index (χ0) is 17.3. The number of hydrogen-bond acceptors (Lipinski definition) is 8. The first kappa shape index (κ1) is 16.9. The zero-order valence-electron chi connectivity index (χ0n) is 12.7. The first-order valence-corrected chi connectivity index (χ1v) is 6.74. The number of nitrogen functional groups attached to an aromatic ring is 1. The van der Waals surface area contributed by atoms with Gasteiger partial charge in [0.1, 0.15) is 0 Å². The third-order valence-corrected chi connectivity index (χ3v) is 3.23. The molecule has 1 aliphatic heterocycles. The molecule has 23 heavy (non-hydrogen) atoms. The Kier molecular flexibility index (Phi) is 4.64. The van der Waals surface area contributed by atoms with Crippen LogP contribution in [0, 0.1) is 5.82 Å². The third kappa shape index (κ3) is 3.47. The van der Waals surface area contributed by atoms with E-state index >= 15 is 0 Å². The Labute approximate surface area is 130 Å². The maximum Gasteiger partial charge on any atom is 0.351 e. The summed E-state index contributed by atoms with van der Waals surface area (Å²) in [5.41, 5.74) is 4.34. The van der Waals surface area contributed by atoms with Gasteiger partial charge in [0.15, 0.2) is 30.1 Å². The molecule has 0 saturated carbocycles. The van der Waals surface area contributed by atoms with Gasteiger partial charge in [-0.15, -0.1) is 0 Å². The maximum absolute atomic E-state index is 13.6. The number of nitrogens with two attached hydrogens (primary N) is 1. The smallest absolute Gasteiger partial charge is 0.351 e. The molecule has 1 aromatic heterocycles. The lowest BCUT2D eigenvalue weighted by Crippen LogP contribution is -2.40. The van der Waals surface area contributed by atoms with Gasteiger partial charge in [0.2, 0.25) is 0 Å². The Morgan fingerprint density at radius 3 is 2.43 bits per heavy atom. The van der Waals surface area contributed by atoms with Crippen molar-refractivity contribution in [1.29, 1.82) is 0 Å². The molecule has 2 rings (SSSR count). The quantitative estimate of drug-likeness (QED) is 0.753. The molecule has 0 bridgehead atoms. The Bertz CT molecular complexity index is 691. The highest BCUT2D eigenvalue weighted by Gasteiger charge is 2.48. The summed E-state index contributed by atoms with van der Waals surface area (Å²) in [6, 6.07) is 0. The van der Waals surface area contributed by atoms with Crippen molar-refractivity contribution < 1.29 is 28.2 Å². The van der Waals surface area contributed by atoms with Gasteiger partial charge in [-0.05, 0) is 6.92 Å². The third-order valence-electron chi connectivity index (χ3n) is 3.23. The summed E-state index contributed by atoms with van der Waals surface area (Å²) in [5.74, 6) is -2.78. The summed E-state index contributed by atoms with van der Waals surface area (Å²) in [6.45, 7) is 3.90. The van der Waals surface area contributed by atoms with Crippen molar-refractivity contribution in [3.05, 3.63) is 22.5 Å².